The summed E-state index contributed by atoms with van der Waals surface area (Å²) in [6, 6.07) is 5.87. The van der Waals surface area contributed by atoms with E-state index in [1.54, 1.807) is 18.0 Å². The van der Waals surface area contributed by atoms with E-state index in [1.807, 2.05) is 25.1 Å². The summed E-state index contributed by atoms with van der Waals surface area (Å²) in [7, 11) is 0. The van der Waals surface area contributed by atoms with E-state index in [0.717, 1.165) is 36.7 Å². The van der Waals surface area contributed by atoms with Crippen LogP contribution < -0.4 is 10.6 Å². The molecule has 0 bridgehead atoms. The number of aromatic nitrogens is 1. The average molecular weight is 279 g/mol. The van der Waals surface area contributed by atoms with Crippen molar-refractivity contribution in [1.29, 1.82) is 0 Å². The third kappa shape index (κ3) is 4.21. The van der Waals surface area contributed by atoms with Crippen molar-refractivity contribution >= 4 is 17.7 Å². The monoisotopic (exact) mass is 279 g/mol. The summed E-state index contributed by atoms with van der Waals surface area (Å²) in [6.45, 7) is 4.54. The Morgan fingerprint density at radius 3 is 3.16 bits per heavy atom. The molecule has 1 amide bonds. The van der Waals surface area contributed by atoms with Crippen LogP contribution in [0.25, 0.3) is 0 Å². The molecule has 104 valence electrons. The number of nitrogens with one attached hydrogen (secondary N) is 2. The second-order valence-corrected chi connectivity index (χ2v) is 6.23. The summed E-state index contributed by atoms with van der Waals surface area (Å²) in [5, 5.41) is 7.33. The van der Waals surface area contributed by atoms with E-state index < -0.39 is 0 Å². The van der Waals surface area contributed by atoms with Crippen molar-refractivity contribution < 1.29 is 4.79 Å². The maximum atomic E-state index is 12.2. The molecule has 0 saturated carbocycles. The van der Waals surface area contributed by atoms with Crippen LogP contribution >= 0.6 is 11.8 Å². The van der Waals surface area contributed by atoms with E-state index in [-0.39, 0.29) is 11.3 Å². The summed E-state index contributed by atoms with van der Waals surface area (Å²) in [5.41, 5.74) is -0.242. The fourth-order valence-corrected chi connectivity index (χ4v) is 2.94. The van der Waals surface area contributed by atoms with Crippen molar-refractivity contribution in [1.82, 2.24) is 15.6 Å². The quantitative estimate of drug-likeness (QED) is 0.636. The van der Waals surface area contributed by atoms with Crippen LogP contribution in [0.1, 0.15) is 19.8 Å². The Bertz CT molecular complexity index is 404. The highest BCUT2D eigenvalue weighted by Crippen LogP contribution is 2.25. The van der Waals surface area contributed by atoms with Gasteiger partial charge in [-0.25, -0.2) is 4.98 Å². The number of carbonyl (C=O) groups excluding carboxylic acids is 1. The number of nitrogens with zero attached hydrogens (tertiary/aromatic N) is 1. The second-order valence-electron chi connectivity index (χ2n) is 5.11. The Morgan fingerprint density at radius 1 is 1.58 bits per heavy atom. The predicted octanol–water partition coefficient (Wildman–Crippen LogP) is 1.68. The van der Waals surface area contributed by atoms with Crippen molar-refractivity contribution in [3.05, 3.63) is 24.4 Å². The zero-order valence-corrected chi connectivity index (χ0v) is 12.1. The number of amides is 1. The number of rotatable bonds is 5. The Labute approximate surface area is 118 Å². The maximum absolute atomic E-state index is 12.2. The Hall–Kier alpha value is -1.07. The lowest BCUT2D eigenvalue weighted by molar-refractivity contribution is -0.130. The minimum absolute atomic E-state index is 0.168. The number of thioether (sulfide) groups is 1. The van der Waals surface area contributed by atoms with Gasteiger partial charge in [-0.2, -0.15) is 0 Å². The molecule has 5 heteroatoms. The van der Waals surface area contributed by atoms with Gasteiger partial charge in [0, 0.05) is 25.0 Å². The van der Waals surface area contributed by atoms with Crippen LogP contribution in [-0.4, -0.2) is 36.3 Å². The van der Waals surface area contributed by atoms with Crippen LogP contribution in [0.4, 0.5) is 0 Å². The van der Waals surface area contributed by atoms with E-state index >= 15 is 0 Å². The van der Waals surface area contributed by atoms with Gasteiger partial charge in [-0.3, -0.25) is 4.79 Å². The molecule has 1 aromatic rings. The van der Waals surface area contributed by atoms with E-state index in [1.165, 1.54) is 0 Å². The van der Waals surface area contributed by atoms with Crippen molar-refractivity contribution in [2.24, 2.45) is 5.41 Å². The number of piperidine rings is 1. The van der Waals surface area contributed by atoms with Gasteiger partial charge in [-0.1, -0.05) is 6.07 Å². The minimum atomic E-state index is -0.242. The van der Waals surface area contributed by atoms with Gasteiger partial charge in [0.2, 0.25) is 5.91 Å². The van der Waals surface area contributed by atoms with Gasteiger partial charge in [-0.15, -0.1) is 11.8 Å². The van der Waals surface area contributed by atoms with Crippen molar-refractivity contribution in [3.63, 3.8) is 0 Å². The molecule has 1 atom stereocenters. The third-order valence-corrected chi connectivity index (χ3v) is 4.37. The maximum Gasteiger partial charge on any atom is 0.227 e. The van der Waals surface area contributed by atoms with Crippen LogP contribution in [0.3, 0.4) is 0 Å². The fourth-order valence-electron chi connectivity index (χ4n) is 2.22. The topological polar surface area (TPSA) is 54.0 Å². The summed E-state index contributed by atoms with van der Waals surface area (Å²) in [4.78, 5) is 16.4. The summed E-state index contributed by atoms with van der Waals surface area (Å²) in [6.07, 6.45) is 3.83. The van der Waals surface area contributed by atoms with Crippen LogP contribution in [0.2, 0.25) is 0 Å². The first-order valence-corrected chi connectivity index (χ1v) is 7.72. The van der Waals surface area contributed by atoms with Crippen LogP contribution in [-0.2, 0) is 4.79 Å². The Balaban J connectivity index is 1.69. The van der Waals surface area contributed by atoms with Crippen molar-refractivity contribution in [2.45, 2.75) is 24.8 Å². The van der Waals surface area contributed by atoms with Gasteiger partial charge in [0.15, 0.2) is 0 Å². The van der Waals surface area contributed by atoms with Gasteiger partial charge < -0.3 is 10.6 Å². The zero-order chi connectivity index (χ0) is 13.6. The lowest BCUT2D eigenvalue weighted by Gasteiger charge is -2.32. The summed E-state index contributed by atoms with van der Waals surface area (Å²) >= 11 is 1.67. The highest BCUT2D eigenvalue weighted by molar-refractivity contribution is 7.99. The molecule has 0 radical (unpaired) electrons. The molecule has 0 aliphatic carbocycles. The van der Waals surface area contributed by atoms with Crippen LogP contribution in [0, 0.1) is 5.41 Å². The zero-order valence-electron chi connectivity index (χ0n) is 11.3. The molecule has 1 aliphatic rings. The highest BCUT2D eigenvalue weighted by atomic mass is 32.2. The molecule has 1 aliphatic heterocycles. The molecular weight excluding hydrogens is 258 g/mol. The third-order valence-electron chi connectivity index (χ3n) is 3.42. The average Bonchev–Trinajstić information content (AvgIpc) is 2.45. The smallest absolute Gasteiger partial charge is 0.227 e. The molecule has 2 heterocycles. The number of carbonyl (C=O) groups is 1. The molecule has 0 spiro atoms. The van der Waals surface area contributed by atoms with E-state index in [4.69, 9.17) is 0 Å². The summed E-state index contributed by atoms with van der Waals surface area (Å²) < 4.78 is 0. The van der Waals surface area contributed by atoms with Gasteiger partial charge in [-0.05, 0) is 38.4 Å². The van der Waals surface area contributed by atoms with E-state index in [9.17, 15) is 4.79 Å². The highest BCUT2D eigenvalue weighted by Gasteiger charge is 2.34. The van der Waals surface area contributed by atoms with Crippen molar-refractivity contribution in [2.75, 3.05) is 25.4 Å². The molecule has 1 aromatic heterocycles. The Kier molecular flexibility index (Phi) is 5.22. The molecule has 0 aromatic carbocycles. The lowest BCUT2D eigenvalue weighted by Crippen LogP contribution is -2.49. The molecule has 2 rings (SSSR count). The first-order chi connectivity index (χ1) is 9.21. The Morgan fingerprint density at radius 2 is 2.47 bits per heavy atom. The molecule has 1 saturated heterocycles. The normalized spacial score (nSPS) is 23.0. The summed E-state index contributed by atoms with van der Waals surface area (Å²) in [5.74, 6) is 1.02. The van der Waals surface area contributed by atoms with Crippen LogP contribution in [0.15, 0.2) is 29.4 Å². The fraction of sp³-hybridized carbons (Fsp3) is 0.571. The minimum Gasteiger partial charge on any atom is -0.355 e. The largest absolute Gasteiger partial charge is 0.355 e. The molecular formula is C14H21N3OS. The first kappa shape index (κ1) is 14.3. The predicted molar refractivity (Wildman–Crippen MR) is 78.2 cm³/mol. The van der Waals surface area contributed by atoms with Gasteiger partial charge in [0.05, 0.1) is 10.4 Å². The standard InChI is InChI=1S/C14H21N3OS/c1-14(6-4-7-15-11-14)13(18)17-9-10-19-12-5-2-3-8-16-12/h2-3,5,8,15H,4,6-7,9-11H2,1H3,(H,17,18)/t14-/m0/s1. The number of hydrogen-bond donors (Lipinski definition) is 2. The second kappa shape index (κ2) is 6.91. The lowest BCUT2D eigenvalue weighted by atomic mass is 9.82. The molecule has 4 nitrogen and oxygen atoms in total. The first-order valence-electron chi connectivity index (χ1n) is 6.74. The van der Waals surface area contributed by atoms with Gasteiger partial charge in [0.25, 0.3) is 0 Å². The number of pyridine rings is 1. The number of hydrogen-bond acceptors (Lipinski definition) is 4. The molecule has 2 N–H and O–H groups in total. The molecule has 0 unspecified atom stereocenters. The van der Waals surface area contributed by atoms with E-state index in [2.05, 4.69) is 15.6 Å². The van der Waals surface area contributed by atoms with Gasteiger partial charge >= 0.3 is 0 Å². The van der Waals surface area contributed by atoms with Crippen LogP contribution in [0.5, 0.6) is 0 Å². The van der Waals surface area contributed by atoms with Gasteiger partial charge in [0.1, 0.15) is 0 Å². The van der Waals surface area contributed by atoms with E-state index in [0.29, 0.717) is 6.54 Å². The molecule has 1 fully saturated rings. The SMILES string of the molecule is C[C@]1(C(=O)NCCSc2ccccn2)CCCNC1. The van der Waals surface area contributed by atoms with Crippen molar-refractivity contribution in [3.8, 4) is 0 Å². The molecule has 19 heavy (non-hydrogen) atoms.